The van der Waals surface area contributed by atoms with E-state index in [9.17, 15) is 0 Å². The van der Waals surface area contributed by atoms with Gasteiger partial charge in [0.25, 0.3) is 0 Å². The molecule has 0 atom stereocenters. The van der Waals surface area contributed by atoms with Crippen LogP contribution in [0.1, 0.15) is 0 Å². The lowest BCUT2D eigenvalue weighted by atomic mass is 10.9. The van der Waals surface area contributed by atoms with Gasteiger partial charge in [0.05, 0.1) is 6.33 Å². The normalized spacial score (nSPS) is 5.56. The average Bonchev–Trinajstić information content (AvgIpc) is 2.43. The fourth-order valence-corrected chi connectivity index (χ4v) is 0.215. The predicted octanol–water partition coefficient (Wildman–Crippen LogP) is 0.443. The highest BCUT2D eigenvalue weighted by atomic mass is 14.8. The van der Waals surface area contributed by atoms with Crippen LogP contribution in [0.3, 0.4) is 0 Å². The first-order chi connectivity index (χ1) is 4.41. The Kier molecular flexibility index (Phi) is 4.95. The van der Waals surface area contributed by atoms with Crippen molar-refractivity contribution in [2.75, 3.05) is 0 Å². The summed E-state index contributed by atoms with van der Waals surface area (Å²) in [6.07, 6.45) is 5.08. The Hall–Kier alpha value is -1.81. The molecule has 1 aromatic heterocycles. The largest absolute Gasteiger partial charge is 0.351 e. The van der Waals surface area contributed by atoms with Gasteiger partial charge in [-0.05, 0) is 0 Å². The molecule has 0 saturated carbocycles. The quantitative estimate of drug-likeness (QED) is 0.539. The van der Waals surface area contributed by atoms with Crippen LogP contribution in [-0.2, 0) is 0 Å². The second-order valence-electron chi connectivity index (χ2n) is 0.984. The molecular weight excluding hydrogens is 116 g/mol. The standard InChI is InChI=1S/C3H4N2.C2N2/c1-2-5-3-4-1;3-1-2-4/h1-3H,(H,4,5);. The monoisotopic (exact) mass is 120 g/mol. The van der Waals surface area contributed by atoms with Gasteiger partial charge in [-0.3, -0.25) is 0 Å². The van der Waals surface area contributed by atoms with Crippen LogP contribution in [0.5, 0.6) is 0 Å². The second kappa shape index (κ2) is 6.19. The number of nitrogens with one attached hydrogen (secondary N) is 1. The molecule has 1 N–H and O–H groups in total. The maximum absolute atomic E-state index is 7.26. The molecule has 0 amide bonds. The first-order valence-corrected chi connectivity index (χ1v) is 2.12. The Morgan fingerprint density at radius 3 is 2.11 bits per heavy atom. The summed E-state index contributed by atoms with van der Waals surface area (Å²) in [5.74, 6) is 0. The minimum atomic E-state index is 1.24. The van der Waals surface area contributed by atoms with Gasteiger partial charge in [-0.25, -0.2) is 4.98 Å². The number of hydrogen-bond acceptors (Lipinski definition) is 3. The molecule has 4 heteroatoms. The lowest BCUT2D eigenvalue weighted by Crippen LogP contribution is -1.44. The molecule has 1 aromatic rings. The summed E-state index contributed by atoms with van der Waals surface area (Å²) in [4.78, 5) is 6.42. The molecule has 1 rings (SSSR count). The number of hydrogen-bond donors (Lipinski definition) is 1. The molecule has 0 spiro atoms. The van der Waals surface area contributed by atoms with Gasteiger partial charge in [-0.15, -0.1) is 0 Å². The van der Waals surface area contributed by atoms with Crippen molar-refractivity contribution >= 4 is 0 Å². The van der Waals surface area contributed by atoms with Crippen molar-refractivity contribution in [3.63, 3.8) is 0 Å². The number of H-pyrrole nitrogens is 1. The fraction of sp³-hybridized carbons (Fsp3) is 0. The van der Waals surface area contributed by atoms with Crippen molar-refractivity contribution in [1.82, 2.24) is 9.97 Å². The third kappa shape index (κ3) is 6.19. The lowest BCUT2D eigenvalue weighted by molar-refractivity contribution is 1.31. The molecule has 4 nitrogen and oxygen atoms in total. The first-order valence-electron chi connectivity index (χ1n) is 2.12. The molecule has 0 fully saturated rings. The van der Waals surface area contributed by atoms with E-state index in [2.05, 4.69) is 9.97 Å². The number of nitriles is 2. The van der Waals surface area contributed by atoms with Crippen LogP contribution in [0.15, 0.2) is 18.7 Å². The van der Waals surface area contributed by atoms with Gasteiger partial charge in [0.2, 0.25) is 0 Å². The molecule has 0 aliphatic heterocycles. The van der Waals surface area contributed by atoms with Crippen LogP contribution in [0.2, 0.25) is 0 Å². The van der Waals surface area contributed by atoms with E-state index in [-0.39, 0.29) is 0 Å². The topological polar surface area (TPSA) is 76.3 Å². The molecule has 0 aromatic carbocycles. The summed E-state index contributed by atoms with van der Waals surface area (Å²) in [5, 5.41) is 14.5. The van der Waals surface area contributed by atoms with E-state index < -0.39 is 0 Å². The zero-order valence-electron chi connectivity index (χ0n) is 4.57. The maximum Gasteiger partial charge on any atom is 0.181 e. The van der Waals surface area contributed by atoms with Crippen molar-refractivity contribution in [2.45, 2.75) is 0 Å². The average molecular weight is 120 g/mol. The molecule has 0 aliphatic carbocycles. The zero-order chi connectivity index (χ0) is 6.95. The third-order valence-corrected chi connectivity index (χ3v) is 0.456. The van der Waals surface area contributed by atoms with E-state index in [0.717, 1.165) is 0 Å². The van der Waals surface area contributed by atoms with E-state index in [0.29, 0.717) is 0 Å². The summed E-state index contributed by atoms with van der Waals surface area (Å²) in [6, 6.07) is 2.47. The Balaban J connectivity index is 0.000000148. The number of rotatable bonds is 0. The van der Waals surface area contributed by atoms with Gasteiger partial charge >= 0.3 is 0 Å². The predicted molar refractivity (Wildman–Crippen MR) is 29.8 cm³/mol. The minimum absolute atomic E-state index is 1.24. The van der Waals surface area contributed by atoms with Crippen LogP contribution in [0, 0.1) is 22.7 Å². The Bertz CT molecular complexity index is 171. The fourth-order valence-electron chi connectivity index (χ4n) is 0.215. The number of aromatic nitrogens is 2. The highest BCUT2D eigenvalue weighted by molar-refractivity contribution is 4.99. The zero-order valence-corrected chi connectivity index (χ0v) is 4.57. The number of imidazole rings is 1. The smallest absolute Gasteiger partial charge is 0.181 e. The first kappa shape index (κ1) is 7.19. The van der Waals surface area contributed by atoms with Gasteiger partial charge in [-0.1, -0.05) is 0 Å². The Morgan fingerprint density at radius 1 is 1.33 bits per heavy atom. The SMILES string of the molecule is N#CC#N.c1c[nH]cn1. The van der Waals surface area contributed by atoms with E-state index in [1.165, 1.54) is 12.1 Å². The molecule has 0 unspecified atom stereocenters. The summed E-state index contributed by atoms with van der Waals surface area (Å²) < 4.78 is 0. The highest BCUT2D eigenvalue weighted by Crippen LogP contribution is 1.62. The van der Waals surface area contributed by atoms with E-state index in [4.69, 9.17) is 10.5 Å². The van der Waals surface area contributed by atoms with Gasteiger partial charge in [0.15, 0.2) is 12.1 Å². The molecular formula is C5H4N4. The van der Waals surface area contributed by atoms with Gasteiger partial charge < -0.3 is 4.98 Å². The van der Waals surface area contributed by atoms with Crippen LogP contribution in [0.25, 0.3) is 0 Å². The van der Waals surface area contributed by atoms with Crippen molar-refractivity contribution < 1.29 is 0 Å². The van der Waals surface area contributed by atoms with Crippen LogP contribution in [0.4, 0.5) is 0 Å². The summed E-state index contributed by atoms with van der Waals surface area (Å²) in [5.41, 5.74) is 0. The number of aromatic amines is 1. The second-order valence-corrected chi connectivity index (χ2v) is 0.984. The molecule has 0 radical (unpaired) electrons. The molecule has 0 saturated heterocycles. The van der Waals surface area contributed by atoms with E-state index >= 15 is 0 Å². The molecule has 0 bridgehead atoms. The van der Waals surface area contributed by atoms with Crippen molar-refractivity contribution in [2.24, 2.45) is 0 Å². The maximum atomic E-state index is 7.26. The third-order valence-electron chi connectivity index (χ3n) is 0.456. The summed E-state index contributed by atoms with van der Waals surface area (Å²) in [7, 11) is 0. The van der Waals surface area contributed by atoms with Gasteiger partial charge in [0, 0.05) is 12.4 Å². The lowest BCUT2D eigenvalue weighted by Gasteiger charge is -1.46. The number of nitrogens with zero attached hydrogens (tertiary/aromatic N) is 3. The van der Waals surface area contributed by atoms with Gasteiger partial charge in [0.1, 0.15) is 0 Å². The summed E-state index contributed by atoms with van der Waals surface area (Å²) >= 11 is 0. The molecule has 0 aliphatic rings. The van der Waals surface area contributed by atoms with Crippen LogP contribution in [-0.4, -0.2) is 9.97 Å². The van der Waals surface area contributed by atoms with Crippen LogP contribution < -0.4 is 0 Å². The minimum Gasteiger partial charge on any atom is -0.351 e. The van der Waals surface area contributed by atoms with E-state index in [1.54, 1.807) is 18.7 Å². The Morgan fingerprint density at radius 2 is 2.00 bits per heavy atom. The molecule has 9 heavy (non-hydrogen) atoms. The summed E-state index contributed by atoms with van der Waals surface area (Å²) in [6.45, 7) is 0. The van der Waals surface area contributed by atoms with Gasteiger partial charge in [-0.2, -0.15) is 10.5 Å². The van der Waals surface area contributed by atoms with E-state index in [1.807, 2.05) is 0 Å². The Labute approximate surface area is 52.4 Å². The van der Waals surface area contributed by atoms with Crippen molar-refractivity contribution in [1.29, 1.82) is 10.5 Å². The van der Waals surface area contributed by atoms with Crippen LogP contribution >= 0.6 is 0 Å². The molecule has 1 heterocycles. The highest BCUT2D eigenvalue weighted by Gasteiger charge is 1.56. The van der Waals surface area contributed by atoms with Crippen molar-refractivity contribution in [3.8, 4) is 12.1 Å². The molecule has 44 valence electrons. The van der Waals surface area contributed by atoms with Crippen molar-refractivity contribution in [3.05, 3.63) is 18.7 Å².